The van der Waals surface area contributed by atoms with Gasteiger partial charge in [0.05, 0.1) is 19.1 Å². The third kappa shape index (κ3) is 4.93. The van der Waals surface area contributed by atoms with Crippen molar-refractivity contribution in [2.75, 3.05) is 20.2 Å². The normalized spacial score (nSPS) is 11.6. The predicted molar refractivity (Wildman–Crippen MR) is 92.4 cm³/mol. The minimum Gasteiger partial charge on any atom is -0.395 e. The first-order chi connectivity index (χ1) is 11.6. The third-order valence-corrected chi connectivity index (χ3v) is 3.78. The SMILES string of the molecule is CN(CCO)C(=O)CC(NC(=O)c1ccccc1)c1ccccc1. The molecule has 24 heavy (non-hydrogen) atoms. The number of rotatable bonds is 7. The molecule has 2 N–H and O–H groups in total. The summed E-state index contributed by atoms with van der Waals surface area (Å²) in [6, 6.07) is 17.9. The quantitative estimate of drug-likeness (QED) is 0.817. The van der Waals surface area contributed by atoms with Crippen molar-refractivity contribution < 1.29 is 14.7 Å². The predicted octanol–water partition coefficient (Wildman–Crippen LogP) is 2.00. The second-order valence-corrected chi connectivity index (χ2v) is 5.55. The van der Waals surface area contributed by atoms with E-state index in [2.05, 4.69) is 5.32 Å². The molecular formula is C19H22N2O3. The Morgan fingerprint density at radius 2 is 1.62 bits per heavy atom. The van der Waals surface area contributed by atoms with Crippen molar-refractivity contribution in [3.63, 3.8) is 0 Å². The fourth-order valence-corrected chi connectivity index (χ4v) is 2.37. The number of nitrogens with one attached hydrogen (secondary N) is 1. The van der Waals surface area contributed by atoms with E-state index in [1.54, 1.807) is 31.3 Å². The monoisotopic (exact) mass is 326 g/mol. The van der Waals surface area contributed by atoms with Crippen LogP contribution in [0.3, 0.4) is 0 Å². The molecule has 0 spiro atoms. The van der Waals surface area contributed by atoms with E-state index in [1.807, 2.05) is 36.4 Å². The van der Waals surface area contributed by atoms with Crippen LogP contribution in [-0.2, 0) is 4.79 Å². The van der Waals surface area contributed by atoms with Crippen molar-refractivity contribution in [3.8, 4) is 0 Å². The van der Waals surface area contributed by atoms with E-state index in [-0.39, 0.29) is 31.4 Å². The summed E-state index contributed by atoms with van der Waals surface area (Å²) >= 11 is 0. The molecule has 1 unspecified atom stereocenters. The zero-order valence-corrected chi connectivity index (χ0v) is 13.7. The molecule has 0 heterocycles. The first-order valence-electron chi connectivity index (χ1n) is 7.87. The van der Waals surface area contributed by atoms with E-state index in [4.69, 9.17) is 5.11 Å². The van der Waals surface area contributed by atoms with Gasteiger partial charge in [0.1, 0.15) is 0 Å². The van der Waals surface area contributed by atoms with Crippen LogP contribution in [-0.4, -0.2) is 42.0 Å². The van der Waals surface area contributed by atoms with Crippen molar-refractivity contribution in [3.05, 3.63) is 71.8 Å². The van der Waals surface area contributed by atoms with Gasteiger partial charge in [-0.2, -0.15) is 0 Å². The smallest absolute Gasteiger partial charge is 0.251 e. The Hall–Kier alpha value is -2.66. The first-order valence-corrected chi connectivity index (χ1v) is 7.87. The van der Waals surface area contributed by atoms with Crippen LogP contribution in [0.4, 0.5) is 0 Å². The van der Waals surface area contributed by atoms with Crippen LogP contribution in [0.5, 0.6) is 0 Å². The minimum absolute atomic E-state index is 0.0887. The van der Waals surface area contributed by atoms with Gasteiger partial charge in [0.25, 0.3) is 5.91 Å². The van der Waals surface area contributed by atoms with E-state index < -0.39 is 6.04 Å². The number of aliphatic hydroxyl groups excluding tert-OH is 1. The van der Waals surface area contributed by atoms with Crippen molar-refractivity contribution >= 4 is 11.8 Å². The molecule has 0 saturated heterocycles. The van der Waals surface area contributed by atoms with Gasteiger partial charge in [-0.1, -0.05) is 48.5 Å². The minimum atomic E-state index is -0.424. The summed E-state index contributed by atoms with van der Waals surface area (Å²) in [5, 5.41) is 11.9. The van der Waals surface area contributed by atoms with E-state index >= 15 is 0 Å². The maximum atomic E-state index is 12.4. The number of hydrogen-bond acceptors (Lipinski definition) is 3. The van der Waals surface area contributed by atoms with Gasteiger partial charge < -0.3 is 15.3 Å². The van der Waals surface area contributed by atoms with Crippen LogP contribution >= 0.6 is 0 Å². The molecular weight excluding hydrogens is 304 g/mol. The maximum Gasteiger partial charge on any atom is 0.251 e. The highest BCUT2D eigenvalue weighted by molar-refractivity contribution is 5.94. The van der Waals surface area contributed by atoms with Gasteiger partial charge in [-0.15, -0.1) is 0 Å². The molecule has 0 saturated carbocycles. The summed E-state index contributed by atoms with van der Waals surface area (Å²) in [6.07, 6.45) is 0.138. The van der Waals surface area contributed by atoms with Gasteiger partial charge in [0.2, 0.25) is 5.91 Å². The maximum absolute atomic E-state index is 12.4. The molecule has 0 aromatic heterocycles. The lowest BCUT2D eigenvalue weighted by atomic mass is 10.0. The Balaban J connectivity index is 2.15. The number of amides is 2. The molecule has 5 nitrogen and oxygen atoms in total. The number of benzene rings is 2. The largest absolute Gasteiger partial charge is 0.395 e. The molecule has 0 aliphatic carbocycles. The Labute approximate surface area is 141 Å². The summed E-state index contributed by atoms with van der Waals surface area (Å²) in [4.78, 5) is 26.2. The van der Waals surface area contributed by atoms with Crippen molar-refractivity contribution in [1.82, 2.24) is 10.2 Å². The lowest BCUT2D eigenvalue weighted by Gasteiger charge is -2.22. The first kappa shape index (κ1) is 17.7. The zero-order valence-electron chi connectivity index (χ0n) is 13.7. The number of carbonyl (C=O) groups is 2. The van der Waals surface area contributed by atoms with E-state index in [9.17, 15) is 9.59 Å². The molecule has 126 valence electrons. The van der Waals surface area contributed by atoms with Crippen LogP contribution in [0.15, 0.2) is 60.7 Å². The third-order valence-electron chi connectivity index (χ3n) is 3.78. The van der Waals surface area contributed by atoms with Crippen LogP contribution < -0.4 is 5.32 Å². The molecule has 5 heteroatoms. The fourth-order valence-electron chi connectivity index (χ4n) is 2.37. The zero-order chi connectivity index (χ0) is 17.4. The second kappa shape index (κ2) is 8.84. The van der Waals surface area contributed by atoms with Crippen molar-refractivity contribution in [1.29, 1.82) is 0 Å². The Morgan fingerprint density at radius 3 is 2.21 bits per heavy atom. The number of likely N-dealkylation sites (N-methyl/N-ethyl adjacent to an activating group) is 1. The van der Waals surface area contributed by atoms with Crippen LogP contribution in [0, 0.1) is 0 Å². The molecule has 2 rings (SSSR count). The van der Waals surface area contributed by atoms with Crippen LogP contribution in [0.25, 0.3) is 0 Å². The van der Waals surface area contributed by atoms with E-state index in [0.29, 0.717) is 5.56 Å². The van der Waals surface area contributed by atoms with Crippen LogP contribution in [0.2, 0.25) is 0 Å². The molecule has 2 aromatic rings. The summed E-state index contributed by atoms with van der Waals surface area (Å²) in [6.45, 7) is 0.182. The molecule has 2 amide bonds. The highest BCUT2D eigenvalue weighted by Crippen LogP contribution is 2.18. The summed E-state index contributed by atoms with van der Waals surface area (Å²) in [5.41, 5.74) is 1.42. The number of carbonyl (C=O) groups excluding carboxylic acids is 2. The molecule has 0 radical (unpaired) electrons. The Morgan fingerprint density at radius 1 is 1.04 bits per heavy atom. The van der Waals surface area contributed by atoms with Gasteiger partial charge in [-0.25, -0.2) is 0 Å². The van der Waals surface area contributed by atoms with Gasteiger partial charge >= 0.3 is 0 Å². The lowest BCUT2D eigenvalue weighted by molar-refractivity contribution is -0.130. The fraction of sp³-hybridized carbons (Fsp3) is 0.263. The second-order valence-electron chi connectivity index (χ2n) is 5.55. The highest BCUT2D eigenvalue weighted by Gasteiger charge is 2.20. The average Bonchev–Trinajstić information content (AvgIpc) is 2.62. The topological polar surface area (TPSA) is 69.6 Å². The van der Waals surface area contributed by atoms with Crippen LogP contribution in [0.1, 0.15) is 28.4 Å². The molecule has 0 fully saturated rings. The molecule has 2 aromatic carbocycles. The summed E-state index contributed by atoms with van der Waals surface area (Å²) in [7, 11) is 1.64. The number of nitrogens with zero attached hydrogens (tertiary/aromatic N) is 1. The number of hydrogen-bond donors (Lipinski definition) is 2. The van der Waals surface area contributed by atoms with Crippen molar-refractivity contribution in [2.24, 2.45) is 0 Å². The summed E-state index contributed by atoms with van der Waals surface area (Å²) < 4.78 is 0. The van der Waals surface area contributed by atoms with Gasteiger partial charge in [0, 0.05) is 19.2 Å². The standard InChI is InChI=1S/C19H22N2O3/c1-21(12-13-22)18(23)14-17(15-8-4-2-5-9-15)20-19(24)16-10-6-3-7-11-16/h2-11,17,22H,12-14H2,1H3,(H,20,24). The van der Waals surface area contributed by atoms with Crippen molar-refractivity contribution in [2.45, 2.75) is 12.5 Å². The van der Waals surface area contributed by atoms with Gasteiger partial charge in [0.15, 0.2) is 0 Å². The Kier molecular flexibility index (Phi) is 6.51. The highest BCUT2D eigenvalue weighted by atomic mass is 16.3. The van der Waals surface area contributed by atoms with E-state index in [0.717, 1.165) is 5.56 Å². The van der Waals surface area contributed by atoms with Gasteiger partial charge in [-0.05, 0) is 17.7 Å². The lowest BCUT2D eigenvalue weighted by Crippen LogP contribution is -2.35. The molecule has 0 aliphatic rings. The van der Waals surface area contributed by atoms with E-state index in [1.165, 1.54) is 4.90 Å². The number of aliphatic hydroxyl groups is 1. The van der Waals surface area contributed by atoms with Gasteiger partial charge in [-0.3, -0.25) is 9.59 Å². The molecule has 0 bridgehead atoms. The average molecular weight is 326 g/mol. The molecule has 1 atom stereocenters. The molecule has 0 aliphatic heterocycles. The Bertz CT molecular complexity index is 659. The summed E-state index contributed by atoms with van der Waals surface area (Å²) in [5.74, 6) is -0.353.